The molecule has 1 amide bonds. The van der Waals surface area contributed by atoms with Crippen molar-refractivity contribution in [3.8, 4) is 0 Å². The van der Waals surface area contributed by atoms with Gasteiger partial charge in [0.15, 0.2) is 0 Å². The van der Waals surface area contributed by atoms with E-state index in [-0.39, 0.29) is 29.4 Å². The van der Waals surface area contributed by atoms with Crippen LogP contribution in [0.5, 0.6) is 0 Å². The summed E-state index contributed by atoms with van der Waals surface area (Å²) < 4.78 is 0. The van der Waals surface area contributed by atoms with Gasteiger partial charge in [-0.3, -0.25) is 19.7 Å². The highest BCUT2D eigenvalue weighted by Gasteiger charge is 2.42. The molecule has 112 valence electrons. The average Bonchev–Trinajstić information content (AvgIpc) is 2.82. The van der Waals surface area contributed by atoms with Crippen LogP contribution < -0.4 is 0 Å². The SMILES string of the molecule is CC1(C(=O)O)CCN(C(=O)c2cccc([N+](=O)[O-])c2Cl)C1. The number of hydrogen-bond acceptors (Lipinski definition) is 4. The van der Waals surface area contributed by atoms with E-state index >= 15 is 0 Å². The molecule has 21 heavy (non-hydrogen) atoms. The molecule has 1 aromatic rings. The lowest BCUT2D eigenvalue weighted by Gasteiger charge is -2.20. The van der Waals surface area contributed by atoms with Crippen molar-refractivity contribution in [2.45, 2.75) is 13.3 Å². The number of likely N-dealkylation sites (tertiary alicyclic amines) is 1. The molecule has 1 N–H and O–H groups in total. The maximum absolute atomic E-state index is 12.4. The molecule has 7 nitrogen and oxygen atoms in total. The number of carboxylic acid groups (broad SMARTS) is 1. The molecule has 2 rings (SSSR count). The number of nitro groups is 1. The zero-order chi connectivity index (χ0) is 15.8. The Balaban J connectivity index is 2.29. The quantitative estimate of drug-likeness (QED) is 0.681. The van der Waals surface area contributed by atoms with Gasteiger partial charge in [0.05, 0.1) is 15.9 Å². The summed E-state index contributed by atoms with van der Waals surface area (Å²) in [6.07, 6.45) is 0.334. The van der Waals surface area contributed by atoms with Crippen molar-refractivity contribution in [1.82, 2.24) is 4.90 Å². The second-order valence-electron chi connectivity index (χ2n) is 5.24. The number of amides is 1. The van der Waals surface area contributed by atoms with Crippen LogP contribution in [0.15, 0.2) is 18.2 Å². The van der Waals surface area contributed by atoms with Crippen LogP contribution in [0.25, 0.3) is 0 Å². The highest BCUT2D eigenvalue weighted by Crippen LogP contribution is 2.33. The molecule has 8 heteroatoms. The van der Waals surface area contributed by atoms with Gasteiger partial charge in [0.1, 0.15) is 5.02 Å². The lowest BCUT2D eigenvalue weighted by molar-refractivity contribution is -0.384. The van der Waals surface area contributed by atoms with Gasteiger partial charge in [-0.15, -0.1) is 0 Å². The standard InChI is InChI=1S/C13H13ClN2O5/c1-13(12(18)19)5-6-15(7-13)11(17)8-3-2-4-9(10(8)14)16(20)21/h2-4H,5-7H2,1H3,(H,18,19). The third kappa shape index (κ3) is 2.69. The van der Waals surface area contributed by atoms with Crippen LogP contribution in [-0.2, 0) is 4.79 Å². The summed E-state index contributed by atoms with van der Waals surface area (Å²) in [6, 6.07) is 3.99. The summed E-state index contributed by atoms with van der Waals surface area (Å²) in [5, 5.41) is 19.8. The molecule has 0 radical (unpaired) electrons. The Morgan fingerprint density at radius 2 is 2.14 bits per heavy atom. The van der Waals surface area contributed by atoms with E-state index in [1.165, 1.54) is 23.1 Å². The van der Waals surface area contributed by atoms with Gasteiger partial charge in [0.25, 0.3) is 11.6 Å². The van der Waals surface area contributed by atoms with Crippen molar-refractivity contribution in [2.75, 3.05) is 13.1 Å². The van der Waals surface area contributed by atoms with Gasteiger partial charge >= 0.3 is 5.97 Å². The number of aliphatic carboxylic acids is 1. The Bertz CT molecular complexity index is 633. The third-order valence-electron chi connectivity index (χ3n) is 3.68. The van der Waals surface area contributed by atoms with Crippen molar-refractivity contribution in [3.63, 3.8) is 0 Å². The summed E-state index contributed by atoms with van der Waals surface area (Å²) in [5.41, 5.74) is -1.33. The highest BCUT2D eigenvalue weighted by atomic mass is 35.5. The van der Waals surface area contributed by atoms with Gasteiger partial charge in [0, 0.05) is 19.2 Å². The summed E-state index contributed by atoms with van der Waals surface area (Å²) in [7, 11) is 0. The molecule has 0 bridgehead atoms. The summed E-state index contributed by atoms with van der Waals surface area (Å²) in [4.78, 5) is 35.1. The van der Waals surface area contributed by atoms with Gasteiger partial charge in [-0.1, -0.05) is 17.7 Å². The fraction of sp³-hybridized carbons (Fsp3) is 0.385. The molecule has 1 atom stereocenters. The van der Waals surface area contributed by atoms with Gasteiger partial charge in [-0.05, 0) is 19.4 Å². The summed E-state index contributed by atoms with van der Waals surface area (Å²) in [5.74, 6) is -1.46. The smallest absolute Gasteiger partial charge is 0.311 e. The van der Waals surface area contributed by atoms with Gasteiger partial charge in [-0.2, -0.15) is 0 Å². The number of hydrogen-bond donors (Lipinski definition) is 1. The number of carbonyl (C=O) groups excluding carboxylic acids is 1. The molecule has 0 aromatic heterocycles. The van der Waals surface area contributed by atoms with E-state index in [2.05, 4.69) is 0 Å². The van der Waals surface area contributed by atoms with Crippen LogP contribution in [0.2, 0.25) is 5.02 Å². The lowest BCUT2D eigenvalue weighted by Crippen LogP contribution is -2.35. The predicted octanol–water partition coefficient (Wildman–Crippen LogP) is 2.19. The second kappa shape index (κ2) is 5.33. The van der Waals surface area contributed by atoms with Gasteiger partial charge in [0.2, 0.25) is 0 Å². The average molecular weight is 313 g/mol. The van der Waals surface area contributed by atoms with E-state index in [9.17, 15) is 19.7 Å². The Morgan fingerprint density at radius 3 is 2.67 bits per heavy atom. The van der Waals surface area contributed by atoms with Crippen molar-refractivity contribution < 1.29 is 19.6 Å². The Kier molecular flexibility index (Phi) is 3.87. The van der Waals surface area contributed by atoms with Crippen molar-refractivity contribution in [2.24, 2.45) is 5.41 Å². The normalized spacial score (nSPS) is 21.3. The summed E-state index contributed by atoms with van der Waals surface area (Å²) in [6.45, 7) is 1.90. The molecule has 0 saturated carbocycles. The monoisotopic (exact) mass is 312 g/mol. The number of benzene rings is 1. The fourth-order valence-electron chi connectivity index (χ4n) is 2.31. The number of rotatable bonds is 3. The van der Waals surface area contributed by atoms with E-state index in [1.54, 1.807) is 6.92 Å². The van der Waals surface area contributed by atoms with Crippen molar-refractivity contribution >= 4 is 29.2 Å². The van der Waals surface area contributed by atoms with Crippen molar-refractivity contribution in [1.29, 1.82) is 0 Å². The van der Waals surface area contributed by atoms with E-state index in [1.807, 2.05) is 0 Å². The first-order chi connectivity index (χ1) is 9.76. The maximum Gasteiger partial charge on any atom is 0.311 e. The first-order valence-electron chi connectivity index (χ1n) is 6.22. The zero-order valence-electron chi connectivity index (χ0n) is 11.2. The molecular formula is C13H13ClN2O5. The molecule has 1 fully saturated rings. The van der Waals surface area contributed by atoms with Crippen molar-refractivity contribution in [3.05, 3.63) is 38.9 Å². The molecule has 1 aliphatic heterocycles. The summed E-state index contributed by atoms with van der Waals surface area (Å²) >= 11 is 5.91. The first-order valence-corrected chi connectivity index (χ1v) is 6.59. The minimum atomic E-state index is -0.997. The fourth-order valence-corrected chi connectivity index (χ4v) is 2.58. The molecule has 0 aliphatic carbocycles. The lowest BCUT2D eigenvalue weighted by atomic mass is 9.90. The van der Waals surface area contributed by atoms with Crippen LogP contribution in [-0.4, -0.2) is 39.9 Å². The molecule has 1 saturated heterocycles. The van der Waals surface area contributed by atoms with Crippen LogP contribution in [0.4, 0.5) is 5.69 Å². The molecule has 1 aliphatic rings. The van der Waals surface area contributed by atoms with Crippen LogP contribution >= 0.6 is 11.6 Å². The molecule has 1 heterocycles. The van der Waals surface area contributed by atoms with E-state index in [0.29, 0.717) is 6.42 Å². The number of carbonyl (C=O) groups is 2. The highest BCUT2D eigenvalue weighted by molar-refractivity contribution is 6.35. The number of nitrogens with zero attached hydrogens (tertiary/aromatic N) is 2. The Morgan fingerprint density at radius 1 is 1.48 bits per heavy atom. The number of nitro benzene ring substituents is 1. The topological polar surface area (TPSA) is 101 Å². The molecule has 1 aromatic carbocycles. The number of halogens is 1. The van der Waals surface area contributed by atoms with E-state index < -0.39 is 22.2 Å². The minimum absolute atomic E-state index is 0.0144. The Hall–Kier alpha value is -2.15. The predicted molar refractivity (Wildman–Crippen MR) is 74.4 cm³/mol. The largest absolute Gasteiger partial charge is 0.481 e. The van der Waals surface area contributed by atoms with E-state index in [4.69, 9.17) is 16.7 Å². The number of carboxylic acids is 1. The maximum atomic E-state index is 12.4. The molecule has 0 spiro atoms. The second-order valence-corrected chi connectivity index (χ2v) is 5.62. The Labute approximate surface area is 125 Å². The van der Waals surface area contributed by atoms with Crippen LogP contribution in [0.1, 0.15) is 23.7 Å². The molecular weight excluding hydrogens is 300 g/mol. The van der Waals surface area contributed by atoms with Gasteiger partial charge < -0.3 is 10.0 Å². The zero-order valence-corrected chi connectivity index (χ0v) is 12.0. The molecule has 1 unspecified atom stereocenters. The third-order valence-corrected chi connectivity index (χ3v) is 4.08. The van der Waals surface area contributed by atoms with Gasteiger partial charge in [-0.25, -0.2) is 0 Å². The first kappa shape index (κ1) is 15.2. The van der Waals surface area contributed by atoms with Crippen LogP contribution in [0.3, 0.4) is 0 Å². The van der Waals surface area contributed by atoms with Crippen LogP contribution in [0, 0.1) is 15.5 Å². The minimum Gasteiger partial charge on any atom is -0.481 e. The van der Waals surface area contributed by atoms with E-state index in [0.717, 1.165) is 0 Å².